The lowest BCUT2D eigenvalue weighted by Crippen LogP contribution is -2.44. The standard InChI is InChI=1S/C16H23FN2O2/c1-16(2,3)18-15(20)21-14-8-10-19(11-9-14)13-6-4-12(17)5-7-13/h4-7,14H,8-11H2,1-3H3,(H,18,20). The summed E-state index contributed by atoms with van der Waals surface area (Å²) in [5.41, 5.74) is 0.723. The van der Waals surface area contributed by atoms with Gasteiger partial charge in [0, 0.05) is 37.2 Å². The monoisotopic (exact) mass is 294 g/mol. The number of benzene rings is 1. The van der Waals surface area contributed by atoms with E-state index in [0.29, 0.717) is 0 Å². The van der Waals surface area contributed by atoms with Crippen molar-refractivity contribution in [3.8, 4) is 0 Å². The van der Waals surface area contributed by atoms with Crippen LogP contribution < -0.4 is 10.2 Å². The van der Waals surface area contributed by atoms with Gasteiger partial charge in [0.2, 0.25) is 0 Å². The maximum Gasteiger partial charge on any atom is 0.407 e. The Morgan fingerprint density at radius 2 is 1.81 bits per heavy atom. The number of carbonyl (C=O) groups is 1. The van der Waals surface area contributed by atoms with Crippen LogP contribution in [0.15, 0.2) is 24.3 Å². The van der Waals surface area contributed by atoms with Crippen LogP contribution in [0.4, 0.5) is 14.9 Å². The second kappa shape index (κ2) is 6.33. The predicted molar refractivity (Wildman–Crippen MR) is 81.0 cm³/mol. The van der Waals surface area contributed by atoms with Crippen LogP contribution in [0, 0.1) is 5.82 Å². The molecule has 0 unspecified atom stereocenters. The Bertz CT molecular complexity index is 474. The molecule has 1 fully saturated rings. The van der Waals surface area contributed by atoms with E-state index in [1.165, 1.54) is 12.1 Å². The molecule has 1 aromatic carbocycles. The molecule has 1 N–H and O–H groups in total. The van der Waals surface area contributed by atoms with Crippen molar-refractivity contribution in [3.63, 3.8) is 0 Å². The highest BCUT2D eigenvalue weighted by atomic mass is 19.1. The molecule has 116 valence electrons. The Balaban J connectivity index is 1.80. The van der Waals surface area contributed by atoms with Crippen molar-refractivity contribution in [1.82, 2.24) is 5.32 Å². The van der Waals surface area contributed by atoms with Gasteiger partial charge in [0.05, 0.1) is 0 Å². The minimum absolute atomic E-state index is 0.0518. The molecule has 1 heterocycles. The van der Waals surface area contributed by atoms with Crippen LogP contribution in [0.5, 0.6) is 0 Å². The van der Waals surface area contributed by atoms with E-state index in [1.807, 2.05) is 20.8 Å². The number of anilines is 1. The van der Waals surface area contributed by atoms with Crippen LogP contribution in [0.1, 0.15) is 33.6 Å². The third kappa shape index (κ3) is 4.92. The molecule has 1 aromatic rings. The minimum atomic E-state index is -0.359. The van der Waals surface area contributed by atoms with E-state index < -0.39 is 0 Å². The zero-order valence-electron chi connectivity index (χ0n) is 12.9. The SMILES string of the molecule is CC(C)(C)NC(=O)OC1CCN(c2ccc(F)cc2)CC1. The van der Waals surface area contributed by atoms with Crippen molar-refractivity contribution in [1.29, 1.82) is 0 Å². The summed E-state index contributed by atoms with van der Waals surface area (Å²) in [6.45, 7) is 7.38. The Labute approximate surface area is 125 Å². The van der Waals surface area contributed by atoms with Crippen LogP contribution in [-0.4, -0.2) is 30.8 Å². The first kappa shape index (κ1) is 15.6. The Morgan fingerprint density at radius 3 is 2.33 bits per heavy atom. The van der Waals surface area contributed by atoms with E-state index in [-0.39, 0.29) is 23.6 Å². The lowest BCUT2D eigenvalue weighted by molar-refractivity contribution is 0.0777. The second-order valence-corrected chi connectivity index (χ2v) is 6.44. The van der Waals surface area contributed by atoms with E-state index in [0.717, 1.165) is 31.6 Å². The van der Waals surface area contributed by atoms with Crippen LogP contribution in [-0.2, 0) is 4.74 Å². The quantitative estimate of drug-likeness (QED) is 0.909. The van der Waals surface area contributed by atoms with Gasteiger partial charge in [-0.1, -0.05) is 0 Å². The molecule has 0 saturated carbocycles. The average molecular weight is 294 g/mol. The summed E-state index contributed by atoms with van der Waals surface area (Å²) in [4.78, 5) is 13.9. The molecule has 0 atom stereocenters. The number of hydrogen-bond donors (Lipinski definition) is 1. The lowest BCUT2D eigenvalue weighted by atomic mass is 10.1. The Hall–Kier alpha value is -1.78. The van der Waals surface area contributed by atoms with Gasteiger partial charge < -0.3 is 15.0 Å². The number of nitrogens with one attached hydrogen (secondary N) is 1. The van der Waals surface area contributed by atoms with Crippen molar-refractivity contribution in [2.24, 2.45) is 0 Å². The molecule has 1 aliphatic heterocycles. The van der Waals surface area contributed by atoms with Crippen LogP contribution >= 0.6 is 0 Å². The van der Waals surface area contributed by atoms with Gasteiger partial charge >= 0.3 is 6.09 Å². The third-order valence-corrected chi connectivity index (χ3v) is 3.38. The van der Waals surface area contributed by atoms with Gasteiger partial charge in [-0.05, 0) is 45.0 Å². The van der Waals surface area contributed by atoms with E-state index in [4.69, 9.17) is 4.74 Å². The summed E-state index contributed by atoms with van der Waals surface area (Å²) in [6, 6.07) is 6.50. The fourth-order valence-electron chi connectivity index (χ4n) is 2.37. The molecular formula is C16H23FN2O2. The van der Waals surface area contributed by atoms with Crippen molar-refractivity contribution in [2.75, 3.05) is 18.0 Å². The number of halogens is 1. The van der Waals surface area contributed by atoms with E-state index in [1.54, 1.807) is 12.1 Å². The third-order valence-electron chi connectivity index (χ3n) is 3.38. The van der Waals surface area contributed by atoms with Crippen LogP contribution in [0.3, 0.4) is 0 Å². The summed E-state index contributed by atoms with van der Waals surface area (Å²) in [6.07, 6.45) is 1.16. The maximum absolute atomic E-state index is 12.9. The Kier molecular flexibility index (Phi) is 4.70. The van der Waals surface area contributed by atoms with Crippen molar-refractivity contribution >= 4 is 11.8 Å². The van der Waals surface area contributed by atoms with Gasteiger partial charge in [-0.3, -0.25) is 0 Å². The molecule has 1 amide bonds. The number of amides is 1. The molecular weight excluding hydrogens is 271 g/mol. The first-order valence-electron chi connectivity index (χ1n) is 7.33. The number of nitrogens with zero attached hydrogens (tertiary/aromatic N) is 1. The van der Waals surface area contributed by atoms with Gasteiger partial charge in [-0.2, -0.15) is 0 Å². The van der Waals surface area contributed by atoms with Gasteiger partial charge in [-0.25, -0.2) is 9.18 Å². The number of alkyl carbamates (subject to hydrolysis) is 1. The molecule has 0 bridgehead atoms. The molecule has 2 rings (SSSR count). The molecule has 1 saturated heterocycles. The number of rotatable bonds is 2. The minimum Gasteiger partial charge on any atom is -0.446 e. The van der Waals surface area contributed by atoms with Crippen molar-refractivity contribution in [2.45, 2.75) is 45.3 Å². The maximum atomic E-state index is 12.9. The molecule has 4 nitrogen and oxygen atoms in total. The van der Waals surface area contributed by atoms with E-state index in [9.17, 15) is 9.18 Å². The summed E-state index contributed by atoms with van der Waals surface area (Å²) in [7, 11) is 0. The molecule has 0 radical (unpaired) electrons. The molecule has 0 spiro atoms. The normalized spacial score (nSPS) is 16.7. The molecule has 21 heavy (non-hydrogen) atoms. The summed E-state index contributed by atoms with van der Waals surface area (Å²) in [5.74, 6) is -0.226. The lowest BCUT2D eigenvalue weighted by Gasteiger charge is -2.33. The predicted octanol–water partition coefficient (Wildman–Crippen LogP) is 3.32. The zero-order valence-corrected chi connectivity index (χ0v) is 12.9. The molecule has 0 aromatic heterocycles. The zero-order chi connectivity index (χ0) is 15.5. The molecule has 0 aliphatic carbocycles. The summed E-state index contributed by atoms with van der Waals surface area (Å²) in [5, 5.41) is 2.80. The number of hydrogen-bond acceptors (Lipinski definition) is 3. The van der Waals surface area contributed by atoms with Crippen molar-refractivity contribution < 1.29 is 13.9 Å². The van der Waals surface area contributed by atoms with Crippen LogP contribution in [0.2, 0.25) is 0 Å². The van der Waals surface area contributed by atoms with Crippen molar-refractivity contribution in [3.05, 3.63) is 30.1 Å². The fraction of sp³-hybridized carbons (Fsp3) is 0.562. The fourth-order valence-corrected chi connectivity index (χ4v) is 2.37. The smallest absolute Gasteiger partial charge is 0.407 e. The molecule has 5 heteroatoms. The van der Waals surface area contributed by atoms with Gasteiger partial charge in [-0.15, -0.1) is 0 Å². The van der Waals surface area contributed by atoms with Gasteiger partial charge in [0.1, 0.15) is 11.9 Å². The highest BCUT2D eigenvalue weighted by Crippen LogP contribution is 2.21. The Morgan fingerprint density at radius 1 is 1.24 bits per heavy atom. The summed E-state index contributed by atoms with van der Waals surface area (Å²) >= 11 is 0. The summed E-state index contributed by atoms with van der Waals surface area (Å²) < 4.78 is 18.3. The largest absolute Gasteiger partial charge is 0.446 e. The highest BCUT2D eigenvalue weighted by Gasteiger charge is 2.24. The van der Waals surface area contributed by atoms with Crippen LogP contribution in [0.25, 0.3) is 0 Å². The molecule has 1 aliphatic rings. The number of piperidine rings is 1. The van der Waals surface area contributed by atoms with E-state index >= 15 is 0 Å². The number of carbonyl (C=O) groups excluding carboxylic acids is 1. The second-order valence-electron chi connectivity index (χ2n) is 6.44. The van der Waals surface area contributed by atoms with E-state index in [2.05, 4.69) is 10.2 Å². The van der Waals surface area contributed by atoms with Gasteiger partial charge in [0.15, 0.2) is 0 Å². The highest BCUT2D eigenvalue weighted by molar-refractivity contribution is 5.68. The number of ether oxygens (including phenoxy) is 1. The topological polar surface area (TPSA) is 41.6 Å². The first-order valence-corrected chi connectivity index (χ1v) is 7.33. The van der Waals surface area contributed by atoms with Gasteiger partial charge in [0.25, 0.3) is 0 Å². The first-order chi connectivity index (χ1) is 9.83. The average Bonchev–Trinajstić information content (AvgIpc) is 2.38.